The first-order chi connectivity index (χ1) is 29.4. The summed E-state index contributed by atoms with van der Waals surface area (Å²) in [6.45, 7) is 3.36. The van der Waals surface area contributed by atoms with Gasteiger partial charge in [0.15, 0.2) is 0 Å². The highest BCUT2D eigenvalue weighted by atomic mass is 16.6. The smallest absolute Gasteiger partial charge is 0.410 e. The Morgan fingerprint density at radius 3 is 1.25 bits per heavy atom. The summed E-state index contributed by atoms with van der Waals surface area (Å²) in [5.74, 6) is 0.754. The van der Waals surface area contributed by atoms with Crippen LogP contribution in [0.25, 0.3) is 0 Å². The molecule has 60 heavy (non-hydrogen) atoms. The SMILES string of the molecule is O=C1CN2CCN(C(=O)OCc3ccccc3)CCN(CCN(C(=O)OCc3ccccc3)CC2)CC(=O)NCCOc2ccc(cc2)N=Nc2ccc(cc2)OCCN1. The van der Waals surface area contributed by atoms with E-state index in [2.05, 4.69) is 20.9 Å². The third-order valence-electron chi connectivity index (χ3n) is 9.75. The van der Waals surface area contributed by atoms with E-state index in [4.69, 9.17) is 18.9 Å². The van der Waals surface area contributed by atoms with Gasteiger partial charge in [0.1, 0.15) is 37.9 Å². The number of benzene rings is 4. The van der Waals surface area contributed by atoms with Gasteiger partial charge in [0.05, 0.1) is 37.6 Å². The van der Waals surface area contributed by atoms with Gasteiger partial charge in [0.25, 0.3) is 0 Å². The van der Waals surface area contributed by atoms with E-state index in [0.717, 1.165) is 11.1 Å². The van der Waals surface area contributed by atoms with Gasteiger partial charge in [-0.1, -0.05) is 60.7 Å². The van der Waals surface area contributed by atoms with Crippen LogP contribution in [0.5, 0.6) is 11.5 Å². The lowest BCUT2D eigenvalue weighted by molar-refractivity contribution is -0.123. The summed E-state index contributed by atoms with van der Waals surface area (Å²) in [7, 11) is 0. The predicted octanol–water partition coefficient (Wildman–Crippen LogP) is 5.00. The molecule has 16 nitrogen and oxygen atoms in total. The second-order valence-electron chi connectivity index (χ2n) is 14.2. The number of hydrogen-bond acceptors (Lipinski definition) is 12. The van der Waals surface area contributed by atoms with E-state index in [-0.39, 0.29) is 90.6 Å². The monoisotopic (exact) mass is 820 g/mol. The van der Waals surface area contributed by atoms with Gasteiger partial charge in [-0.25, -0.2) is 9.59 Å². The number of fused-ring (bicyclic) bond motifs is 1. The summed E-state index contributed by atoms with van der Waals surface area (Å²) in [4.78, 5) is 60.8. The summed E-state index contributed by atoms with van der Waals surface area (Å²) in [5.41, 5.74) is 2.99. The maximum absolute atomic E-state index is 13.6. The highest BCUT2D eigenvalue weighted by Gasteiger charge is 2.24. The lowest BCUT2D eigenvalue weighted by Gasteiger charge is -2.33. The fourth-order valence-corrected chi connectivity index (χ4v) is 6.37. The van der Waals surface area contributed by atoms with Gasteiger partial charge in [-0.3, -0.25) is 19.4 Å². The summed E-state index contributed by atoms with van der Waals surface area (Å²) in [5, 5.41) is 14.4. The topological polar surface area (TPSA) is 167 Å². The average molecular weight is 821 g/mol. The molecule has 1 saturated heterocycles. The van der Waals surface area contributed by atoms with E-state index in [0.29, 0.717) is 49.1 Å². The Bertz CT molecular complexity index is 1830. The van der Waals surface area contributed by atoms with Crippen molar-refractivity contribution in [3.63, 3.8) is 0 Å². The maximum atomic E-state index is 13.6. The average Bonchev–Trinajstić information content (AvgIpc) is 3.27. The molecule has 0 aliphatic carbocycles. The second-order valence-corrected chi connectivity index (χ2v) is 14.2. The molecule has 1 fully saturated rings. The van der Waals surface area contributed by atoms with Crippen LogP contribution < -0.4 is 20.1 Å². The van der Waals surface area contributed by atoms with Crippen LogP contribution in [-0.2, 0) is 32.3 Å². The van der Waals surface area contributed by atoms with E-state index in [1.807, 2.05) is 70.5 Å². The number of nitrogens with zero attached hydrogens (tertiary/aromatic N) is 6. The van der Waals surface area contributed by atoms with E-state index < -0.39 is 12.2 Å². The molecular weight excluding hydrogens is 769 g/mol. The molecular formula is C44H52N8O8. The molecule has 4 aromatic carbocycles. The fraction of sp³-hybridized carbons (Fsp3) is 0.364. The Hall–Kier alpha value is -6.52. The Morgan fingerprint density at radius 1 is 0.517 bits per heavy atom. The molecule has 0 saturated carbocycles. The summed E-state index contributed by atoms with van der Waals surface area (Å²) in [6, 6.07) is 33.1. The molecule has 6 heterocycles. The van der Waals surface area contributed by atoms with Gasteiger partial charge in [0.2, 0.25) is 11.8 Å². The molecule has 0 atom stereocenters. The van der Waals surface area contributed by atoms with Crippen LogP contribution in [0.4, 0.5) is 21.0 Å². The van der Waals surface area contributed by atoms with Crippen molar-refractivity contribution in [1.29, 1.82) is 0 Å². The van der Waals surface area contributed by atoms with Gasteiger partial charge in [-0.05, 0) is 59.7 Å². The number of nitrogens with one attached hydrogen (secondary N) is 2. The minimum atomic E-state index is -0.510. The normalized spacial score (nSPS) is 18.8. The zero-order chi connectivity index (χ0) is 41.8. The zero-order valence-corrected chi connectivity index (χ0v) is 33.7. The minimum absolute atomic E-state index is 0.0121. The van der Waals surface area contributed by atoms with Crippen LogP contribution >= 0.6 is 0 Å². The van der Waals surface area contributed by atoms with Gasteiger partial charge in [-0.2, -0.15) is 10.2 Å². The van der Waals surface area contributed by atoms with Crippen LogP contribution in [0.1, 0.15) is 11.1 Å². The first-order valence-electron chi connectivity index (χ1n) is 20.1. The van der Waals surface area contributed by atoms with Gasteiger partial charge in [0, 0.05) is 52.4 Å². The van der Waals surface area contributed by atoms with Crippen LogP contribution in [-0.4, -0.2) is 135 Å². The molecule has 16 heteroatoms. The quantitative estimate of drug-likeness (QED) is 0.286. The van der Waals surface area contributed by atoms with E-state index in [9.17, 15) is 19.2 Å². The van der Waals surface area contributed by atoms with Crippen molar-refractivity contribution in [2.24, 2.45) is 10.2 Å². The van der Waals surface area contributed by atoms with Crippen LogP contribution in [0.15, 0.2) is 119 Å². The third kappa shape index (κ3) is 14.7. The van der Waals surface area contributed by atoms with Crippen LogP contribution in [0.2, 0.25) is 0 Å². The molecule has 0 radical (unpaired) electrons. The number of amides is 4. The number of rotatable bonds is 4. The summed E-state index contributed by atoms with van der Waals surface area (Å²) >= 11 is 0. The molecule has 0 spiro atoms. The van der Waals surface area contributed by atoms with Crippen molar-refractivity contribution < 1.29 is 38.1 Å². The predicted molar refractivity (Wildman–Crippen MR) is 223 cm³/mol. The summed E-state index contributed by atoms with van der Waals surface area (Å²) < 4.78 is 23.2. The number of carbonyl (C=O) groups is 4. The van der Waals surface area contributed by atoms with Gasteiger partial charge in [-0.15, -0.1) is 0 Å². The van der Waals surface area contributed by atoms with Gasteiger partial charge < -0.3 is 39.4 Å². The van der Waals surface area contributed by atoms with Crippen molar-refractivity contribution in [3.05, 3.63) is 120 Å². The van der Waals surface area contributed by atoms with E-state index in [1.165, 1.54) is 0 Å². The van der Waals surface area contributed by atoms with Crippen LogP contribution in [0, 0.1) is 0 Å². The van der Waals surface area contributed by atoms with Gasteiger partial charge >= 0.3 is 12.2 Å². The number of azo groups is 1. The molecule has 0 aromatic heterocycles. The zero-order valence-electron chi connectivity index (χ0n) is 33.7. The molecule has 4 aromatic rings. The molecule has 0 unspecified atom stereocenters. The Balaban J connectivity index is 1.19. The third-order valence-corrected chi connectivity index (χ3v) is 9.75. The molecule has 10 rings (SSSR count). The first kappa shape index (κ1) is 43.1. The van der Waals surface area contributed by atoms with Crippen molar-refractivity contribution >= 4 is 35.4 Å². The molecule has 6 bridgehead atoms. The summed E-state index contributed by atoms with van der Waals surface area (Å²) in [6.07, 6.45) is -1.02. The standard InChI is InChI=1S/C44H52N8O8/c53-41-31-49-21-25-51(43(55)59-33-35-7-3-1-4-8-35)26-22-50(24-28-52(27-23-49)44(56)60-34-36-9-5-2-6-10-36)32-42(54)46-20-30-58-40-17-13-38(14-18-40)48-47-37-11-15-39(16-12-37)57-29-19-45-41/h1-18H,19-34H2,(H,45,53)(H,46,54). The van der Waals surface area contributed by atoms with E-state index in [1.54, 1.807) is 58.3 Å². The Labute approximate surface area is 350 Å². The second kappa shape index (κ2) is 23.2. The molecule has 6 aliphatic heterocycles. The van der Waals surface area contributed by atoms with Crippen molar-refractivity contribution in [2.75, 3.05) is 91.8 Å². The largest absolute Gasteiger partial charge is 0.492 e. The fourth-order valence-electron chi connectivity index (χ4n) is 6.37. The molecule has 316 valence electrons. The number of carbonyl (C=O) groups excluding carboxylic acids is 4. The lowest BCUT2D eigenvalue weighted by atomic mass is 10.2. The van der Waals surface area contributed by atoms with Crippen molar-refractivity contribution in [3.8, 4) is 11.5 Å². The van der Waals surface area contributed by atoms with Crippen molar-refractivity contribution in [2.45, 2.75) is 13.2 Å². The minimum Gasteiger partial charge on any atom is -0.492 e. The van der Waals surface area contributed by atoms with Crippen molar-refractivity contribution in [1.82, 2.24) is 30.2 Å². The first-order valence-corrected chi connectivity index (χ1v) is 20.1. The number of ether oxygens (including phenoxy) is 4. The lowest BCUT2D eigenvalue weighted by Crippen LogP contribution is -2.51. The molecule has 6 aliphatic rings. The number of hydrogen-bond donors (Lipinski definition) is 2. The Morgan fingerprint density at radius 2 is 0.883 bits per heavy atom. The highest BCUT2D eigenvalue weighted by Crippen LogP contribution is 2.23. The maximum Gasteiger partial charge on any atom is 0.410 e. The van der Waals surface area contributed by atoms with E-state index >= 15 is 0 Å². The molecule has 4 amide bonds. The molecule has 2 N–H and O–H groups in total. The highest BCUT2D eigenvalue weighted by molar-refractivity contribution is 5.78. The Kier molecular flexibility index (Phi) is 16.6. The van der Waals surface area contributed by atoms with Crippen LogP contribution in [0.3, 0.4) is 0 Å².